The molecular formula is C13H8Cl3NO3. The van der Waals surface area contributed by atoms with Crippen molar-refractivity contribution in [3.8, 4) is 11.1 Å². The van der Waals surface area contributed by atoms with Gasteiger partial charge in [-0.25, -0.2) is 4.79 Å². The van der Waals surface area contributed by atoms with Gasteiger partial charge in [0.1, 0.15) is 0 Å². The van der Waals surface area contributed by atoms with Crippen LogP contribution in [-0.4, -0.2) is 18.1 Å². The fourth-order valence-corrected chi connectivity index (χ4v) is 2.29. The molecule has 1 N–H and O–H groups in total. The molecule has 0 saturated heterocycles. The molecule has 0 aliphatic rings. The number of esters is 1. The predicted octanol–water partition coefficient (Wildman–Crippen LogP) is 3.79. The molecule has 1 aromatic heterocycles. The lowest BCUT2D eigenvalue weighted by Crippen LogP contribution is -2.12. The number of carbonyl (C=O) groups excluding carboxylic acids is 1. The van der Waals surface area contributed by atoms with Gasteiger partial charge in [-0.2, -0.15) is 0 Å². The van der Waals surface area contributed by atoms with E-state index in [0.717, 1.165) is 0 Å². The molecule has 7 heteroatoms. The zero-order chi connectivity index (χ0) is 14.9. The Balaban J connectivity index is 2.67. The molecular weight excluding hydrogens is 325 g/mol. The van der Waals surface area contributed by atoms with E-state index in [-0.39, 0.29) is 26.2 Å². The molecule has 0 amide bonds. The van der Waals surface area contributed by atoms with Crippen molar-refractivity contribution in [3.05, 3.63) is 55.4 Å². The average Bonchev–Trinajstić information content (AvgIpc) is 2.45. The molecule has 4 nitrogen and oxygen atoms in total. The molecule has 2 rings (SSSR count). The molecule has 104 valence electrons. The fourth-order valence-electron chi connectivity index (χ4n) is 1.65. The number of H-pyrrole nitrogens is 1. The SMILES string of the molecule is COC(=O)c1c[nH]c(=O)c(-c2ccc(Cl)c(Cl)c2Cl)c1. The molecule has 1 aromatic carbocycles. The van der Waals surface area contributed by atoms with Gasteiger partial charge < -0.3 is 9.72 Å². The third kappa shape index (κ3) is 2.68. The topological polar surface area (TPSA) is 59.2 Å². The molecule has 0 radical (unpaired) electrons. The predicted molar refractivity (Wildman–Crippen MR) is 78.9 cm³/mol. The Morgan fingerprint density at radius 1 is 1.15 bits per heavy atom. The Morgan fingerprint density at radius 2 is 1.85 bits per heavy atom. The van der Waals surface area contributed by atoms with Gasteiger partial charge >= 0.3 is 5.97 Å². The minimum absolute atomic E-state index is 0.145. The number of rotatable bonds is 2. The summed E-state index contributed by atoms with van der Waals surface area (Å²) in [6.07, 6.45) is 1.27. The van der Waals surface area contributed by atoms with Gasteiger partial charge in [0.25, 0.3) is 5.56 Å². The Bertz CT molecular complexity index is 740. The minimum Gasteiger partial charge on any atom is -0.465 e. The summed E-state index contributed by atoms with van der Waals surface area (Å²) in [5.41, 5.74) is 0.381. The molecule has 0 saturated carbocycles. The van der Waals surface area contributed by atoms with Crippen molar-refractivity contribution < 1.29 is 9.53 Å². The highest BCUT2D eigenvalue weighted by atomic mass is 35.5. The summed E-state index contributed by atoms with van der Waals surface area (Å²) in [6, 6.07) is 4.47. The lowest BCUT2D eigenvalue weighted by Gasteiger charge is -2.08. The van der Waals surface area contributed by atoms with E-state index in [1.54, 1.807) is 6.07 Å². The number of carbonyl (C=O) groups is 1. The van der Waals surface area contributed by atoms with Crippen LogP contribution in [-0.2, 0) is 4.74 Å². The molecule has 0 aliphatic heterocycles. The van der Waals surface area contributed by atoms with Gasteiger partial charge in [-0.1, -0.05) is 40.9 Å². The number of pyridine rings is 1. The third-order valence-electron chi connectivity index (χ3n) is 2.65. The second-order valence-electron chi connectivity index (χ2n) is 3.85. The van der Waals surface area contributed by atoms with E-state index < -0.39 is 11.5 Å². The Kier molecular flexibility index (Phi) is 4.38. The van der Waals surface area contributed by atoms with Crippen molar-refractivity contribution in [2.45, 2.75) is 0 Å². The van der Waals surface area contributed by atoms with Crippen LogP contribution in [0, 0.1) is 0 Å². The first-order valence-electron chi connectivity index (χ1n) is 5.40. The van der Waals surface area contributed by atoms with Crippen LogP contribution in [0.5, 0.6) is 0 Å². The van der Waals surface area contributed by atoms with Gasteiger partial charge in [0.15, 0.2) is 0 Å². The number of ether oxygens (including phenoxy) is 1. The maximum Gasteiger partial charge on any atom is 0.339 e. The molecule has 20 heavy (non-hydrogen) atoms. The first-order chi connectivity index (χ1) is 9.45. The number of methoxy groups -OCH3 is 1. The van der Waals surface area contributed by atoms with Gasteiger partial charge in [-0.3, -0.25) is 4.79 Å². The molecule has 0 fully saturated rings. The number of hydrogen-bond donors (Lipinski definition) is 1. The van der Waals surface area contributed by atoms with Crippen molar-refractivity contribution in [3.63, 3.8) is 0 Å². The highest BCUT2D eigenvalue weighted by Gasteiger charge is 2.15. The third-order valence-corrected chi connectivity index (χ3v) is 3.94. The minimum atomic E-state index is -0.571. The first-order valence-corrected chi connectivity index (χ1v) is 6.54. The number of aromatic nitrogens is 1. The average molecular weight is 333 g/mol. The Hall–Kier alpha value is -1.49. The lowest BCUT2D eigenvalue weighted by molar-refractivity contribution is 0.0600. The van der Waals surface area contributed by atoms with Crippen molar-refractivity contribution in [2.24, 2.45) is 0 Å². The van der Waals surface area contributed by atoms with Crippen LogP contribution in [0.2, 0.25) is 15.1 Å². The van der Waals surface area contributed by atoms with Crippen LogP contribution < -0.4 is 5.56 Å². The summed E-state index contributed by atoms with van der Waals surface area (Å²) < 4.78 is 4.60. The van der Waals surface area contributed by atoms with Crippen LogP contribution >= 0.6 is 34.8 Å². The van der Waals surface area contributed by atoms with Gasteiger partial charge in [-0.05, 0) is 12.1 Å². The normalized spacial score (nSPS) is 10.4. The number of aromatic amines is 1. The molecule has 0 unspecified atom stereocenters. The maximum atomic E-state index is 11.9. The highest BCUT2D eigenvalue weighted by Crippen LogP contribution is 2.37. The Labute approximate surface area is 129 Å². The van der Waals surface area contributed by atoms with Crippen LogP contribution in [0.1, 0.15) is 10.4 Å². The molecule has 0 aliphatic carbocycles. The van der Waals surface area contributed by atoms with E-state index in [1.807, 2.05) is 0 Å². The fraction of sp³-hybridized carbons (Fsp3) is 0.0769. The largest absolute Gasteiger partial charge is 0.465 e. The zero-order valence-electron chi connectivity index (χ0n) is 10.2. The smallest absolute Gasteiger partial charge is 0.339 e. The van der Waals surface area contributed by atoms with E-state index in [9.17, 15) is 9.59 Å². The van der Waals surface area contributed by atoms with Crippen molar-refractivity contribution in [2.75, 3.05) is 7.11 Å². The highest BCUT2D eigenvalue weighted by molar-refractivity contribution is 6.49. The van der Waals surface area contributed by atoms with Crippen LogP contribution in [0.15, 0.2) is 29.2 Å². The molecule has 2 aromatic rings. The summed E-state index contributed by atoms with van der Waals surface area (Å²) in [7, 11) is 1.25. The summed E-state index contributed by atoms with van der Waals surface area (Å²) >= 11 is 17.9. The Morgan fingerprint density at radius 3 is 2.50 bits per heavy atom. The van der Waals surface area contributed by atoms with Gasteiger partial charge in [0, 0.05) is 17.3 Å². The second kappa shape index (κ2) is 5.87. The van der Waals surface area contributed by atoms with Gasteiger partial charge in [-0.15, -0.1) is 0 Å². The summed E-state index contributed by atoms with van der Waals surface area (Å²) in [5.74, 6) is -0.571. The second-order valence-corrected chi connectivity index (χ2v) is 5.01. The van der Waals surface area contributed by atoms with E-state index in [4.69, 9.17) is 34.8 Å². The summed E-state index contributed by atoms with van der Waals surface area (Å²) in [6.45, 7) is 0. The quantitative estimate of drug-likeness (QED) is 0.672. The van der Waals surface area contributed by atoms with Crippen LogP contribution in [0.4, 0.5) is 0 Å². The van der Waals surface area contributed by atoms with Crippen LogP contribution in [0.3, 0.4) is 0 Å². The zero-order valence-corrected chi connectivity index (χ0v) is 12.4. The standard InChI is InChI=1S/C13H8Cl3NO3/c1-20-13(19)6-4-8(12(18)17-5-6)7-2-3-9(14)11(16)10(7)15/h2-5H,1H3,(H,17,18). The maximum absolute atomic E-state index is 11.9. The molecule has 0 bridgehead atoms. The number of nitrogens with one attached hydrogen (secondary N) is 1. The summed E-state index contributed by atoms with van der Waals surface area (Å²) in [5, 5.41) is 0.571. The monoisotopic (exact) mass is 331 g/mol. The molecule has 0 atom stereocenters. The molecule has 0 spiro atoms. The number of benzene rings is 1. The van der Waals surface area contributed by atoms with E-state index in [0.29, 0.717) is 5.56 Å². The summed E-state index contributed by atoms with van der Waals surface area (Å²) in [4.78, 5) is 25.8. The van der Waals surface area contributed by atoms with Gasteiger partial charge in [0.2, 0.25) is 0 Å². The van der Waals surface area contributed by atoms with Crippen LogP contribution in [0.25, 0.3) is 11.1 Å². The number of hydrogen-bond acceptors (Lipinski definition) is 3. The molecule has 1 heterocycles. The first kappa shape index (κ1) is 14.9. The van der Waals surface area contributed by atoms with Crippen molar-refractivity contribution in [1.82, 2.24) is 4.98 Å². The van der Waals surface area contributed by atoms with Crippen molar-refractivity contribution >= 4 is 40.8 Å². The lowest BCUT2D eigenvalue weighted by atomic mass is 10.1. The van der Waals surface area contributed by atoms with E-state index >= 15 is 0 Å². The van der Waals surface area contributed by atoms with E-state index in [1.165, 1.54) is 25.4 Å². The van der Waals surface area contributed by atoms with Crippen molar-refractivity contribution in [1.29, 1.82) is 0 Å². The van der Waals surface area contributed by atoms with Gasteiger partial charge in [0.05, 0.1) is 27.7 Å². The number of halogens is 3. The van der Waals surface area contributed by atoms with E-state index in [2.05, 4.69) is 9.72 Å².